The summed E-state index contributed by atoms with van der Waals surface area (Å²) in [7, 11) is -3.73. The van der Waals surface area contributed by atoms with Gasteiger partial charge in [-0.3, -0.25) is 9.10 Å². The number of anilines is 1. The molecule has 0 saturated heterocycles. The summed E-state index contributed by atoms with van der Waals surface area (Å²) < 4.78 is 32.0. The van der Waals surface area contributed by atoms with Gasteiger partial charge in [-0.15, -0.1) is 0 Å². The van der Waals surface area contributed by atoms with Crippen LogP contribution in [0.5, 0.6) is 5.75 Å². The minimum atomic E-state index is -3.73. The van der Waals surface area contributed by atoms with E-state index < -0.39 is 28.0 Å². The van der Waals surface area contributed by atoms with Crippen molar-refractivity contribution in [1.82, 2.24) is 5.32 Å². The third kappa shape index (κ3) is 5.93. The van der Waals surface area contributed by atoms with Crippen LogP contribution in [0.15, 0.2) is 78.9 Å². The third-order valence-electron chi connectivity index (χ3n) is 5.41. The number of nitrogens with one attached hydrogen (secondary N) is 1. The van der Waals surface area contributed by atoms with Crippen molar-refractivity contribution in [2.24, 2.45) is 0 Å². The van der Waals surface area contributed by atoms with Crippen LogP contribution in [-0.4, -0.2) is 33.2 Å². The maximum Gasteiger partial charge on any atom is 0.244 e. The maximum absolute atomic E-state index is 13.4. The molecule has 0 saturated carbocycles. The zero-order chi connectivity index (χ0) is 24.0. The van der Waals surface area contributed by atoms with Gasteiger partial charge in [0.2, 0.25) is 15.9 Å². The molecule has 0 heterocycles. The van der Waals surface area contributed by atoms with Gasteiger partial charge in [0.15, 0.2) is 0 Å². The van der Waals surface area contributed by atoms with Crippen molar-refractivity contribution >= 4 is 21.6 Å². The molecule has 0 fully saturated rings. The molecule has 0 aliphatic rings. The third-order valence-corrected chi connectivity index (χ3v) is 6.65. The zero-order valence-corrected chi connectivity index (χ0v) is 20.2. The number of sulfonamides is 1. The molecule has 3 aromatic carbocycles. The lowest BCUT2D eigenvalue weighted by molar-refractivity contribution is -0.122. The van der Waals surface area contributed by atoms with Crippen molar-refractivity contribution in [2.45, 2.75) is 32.9 Å². The quantitative estimate of drug-likeness (QED) is 0.505. The first-order valence-corrected chi connectivity index (χ1v) is 12.7. The maximum atomic E-state index is 13.4. The Labute approximate surface area is 196 Å². The smallest absolute Gasteiger partial charge is 0.244 e. The summed E-state index contributed by atoms with van der Waals surface area (Å²) in [5.74, 6) is 0.238. The molecular weight excluding hydrogens is 436 g/mol. The molecule has 1 amide bonds. The lowest BCUT2D eigenvalue weighted by Gasteiger charge is -2.30. The van der Waals surface area contributed by atoms with E-state index in [0.29, 0.717) is 18.0 Å². The summed E-state index contributed by atoms with van der Waals surface area (Å²) >= 11 is 0. The molecule has 1 N–H and O–H groups in total. The van der Waals surface area contributed by atoms with Crippen LogP contribution in [0.3, 0.4) is 0 Å². The average molecular weight is 467 g/mol. The number of hydrogen-bond acceptors (Lipinski definition) is 4. The fraction of sp³-hybridized carbons (Fsp3) is 0.269. The van der Waals surface area contributed by atoms with Gasteiger partial charge in [-0.05, 0) is 61.7 Å². The molecular formula is C26H30N2O4S. The van der Waals surface area contributed by atoms with Crippen LogP contribution in [0.1, 0.15) is 36.6 Å². The first-order chi connectivity index (χ1) is 15.7. The van der Waals surface area contributed by atoms with Crippen molar-refractivity contribution < 1.29 is 17.9 Å². The highest BCUT2D eigenvalue weighted by Gasteiger charge is 2.31. The van der Waals surface area contributed by atoms with E-state index in [-0.39, 0.29) is 0 Å². The highest BCUT2D eigenvalue weighted by Crippen LogP contribution is 2.27. The fourth-order valence-electron chi connectivity index (χ4n) is 3.82. The van der Waals surface area contributed by atoms with Gasteiger partial charge in [-0.25, -0.2) is 8.42 Å². The lowest BCUT2D eigenvalue weighted by atomic mass is 9.94. The summed E-state index contributed by atoms with van der Waals surface area (Å²) in [6.07, 6.45) is 1.10. The number of carbonyl (C=O) groups is 1. The summed E-state index contributed by atoms with van der Waals surface area (Å²) in [5, 5.41) is 3.07. The number of rotatable bonds is 9. The first-order valence-electron chi connectivity index (χ1n) is 10.9. The molecule has 6 nitrogen and oxygen atoms in total. The van der Waals surface area contributed by atoms with Gasteiger partial charge >= 0.3 is 0 Å². The van der Waals surface area contributed by atoms with Crippen LogP contribution >= 0.6 is 0 Å². The second-order valence-electron chi connectivity index (χ2n) is 7.87. The largest absolute Gasteiger partial charge is 0.494 e. The number of benzene rings is 3. The van der Waals surface area contributed by atoms with E-state index in [1.807, 2.05) is 68.4 Å². The Morgan fingerprint density at radius 3 is 2.15 bits per heavy atom. The second-order valence-corrected chi connectivity index (χ2v) is 9.73. The number of amides is 1. The Balaban J connectivity index is 1.94. The van der Waals surface area contributed by atoms with Crippen LogP contribution in [-0.2, 0) is 14.8 Å². The molecule has 0 spiro atoms. The summed E-state index contributed by atoms with van der Waals surface area (Å²) in [6.45, 7) is 5.96. The van der Waals surface area contributed by atoms with Gasteiger partial charge in [0.1, 0.15) is 11.8 Å². The molecule has 33 heavy (non-hydrogen) atoms. The predicted octanol–water partition coefficient (Wildman–Crippen LogP) is 4.45. The topological polar surface area (TPSA) is 75.7 Å². The van der Waals surface area contributed by atoms with Crippen LogP contribution in [0.4, 0.5) is 5.69 Å². The Kier molecular flexibility index (Phi) is 7.76. The van der Waals surface area contributed by atoms with E-state index in [1.54, 1.807) is 31.2 Å². The van der Waals surface area contributed by atoms with Crippen LogP contribution in [0.2, 0.25) is 0 Å². The molecule has 0 radical (unpaired) electrons. The van der Waals surface area contributed by atoms with Gasteiger partial charge in [0, 0.05) is 0 Å². The number of aryl methyl sites for hydroxylation is 1. The molecule has 0 bridgehead atoms. The fourth-order valence-corrected chi connectivity index (χ4v) is 5.00. The number of hydrogen-bond donors (Lipinski definition) is 1. The SMILES string of the molecule is CCOc1ccc(N(C(C)C(=O)NC(c2ccccc2)c2ccccc2C)S(C)(=O)=O)cc1. The van der Waals surface area contributed by atoms with Crippen LogP contribution < -0.4 is 14.4 Å². The standard InChI is InChI=1S/C26H30N2O4S/c1-5-32-23-17-15-22(16-18-23)28(33(4,30)31)20(3)26(29)27-25(21-12-7-6-8-13-21)24-14-10-9-11-19(24)2/h6-18,20,25H,5H2,1-4H3,(H,27,29). The molecule has 0 aromatic heterocycles. The highest BCUT2D eigenvalue weighted by molar-refractivity contribution is 7.92. The predicted molar refractivity (Wildman–Crippen MR) is 132 cm³/mol. The molecule has 3 rings (SSSR count). The van der Waals surface area contributed by atoms with Gasteiger partial charge < -0.3 is 10.1 Å². The molecule has 0 aliphatic heterocycles. The van der Waals surface area contributed by atoms with Gasteiger partial charge in [-0.2, -0.15) is 0 Å². The molecule has 3 aromatic rings. The minimum absolute atomic E-state index is 0.397. The number of nitrogens with zero attached hydrogens (tertiary/aromatic N) is 1. The van der Waals surface area contributed by atoms with Gasteiger partial charge in [-0.1, -0.05) is 54.6 Å². The van der Waals surface area contributed by atoms with Crippen molar-refractivity contribution in [2.75, 3.05) is 17.2 Å². The van der Waals surface area contributed by atoms with Crippen LogP contribution in [0, 0.1) is 6.92 Å². The van der Waals surface area contributed by atoms with E-state index in [9.17, 15) is 13.2 Å². The summed E-state index contributed by atoms with van der Waals surface area (Å²) in [6, 6.07) is 22.8. The highest BCUT2D eigenvalue weighted by atomic mass is 32.2. The normalized spacial score (nSPS) is 13.1. The average Bonchev–Trinajstić information content (AvgIpc) is 2.79. The van der Waals surface area contributed by atoms with Crippen molar-refractivity contribution in [1.29, 1.82) is 0 Å². The van der Waals surface area contributed by atoms with E-state index in [4.69, 9.17) is 4.74 Å². The Bertz CT molecular complexity index is 1180. The van der Waals surface area contributed by atoms with Gasteiger partial charge in [0.25, 0.3) is 0 Å². The Hall–Kier alpha value is -3.32. The lowest BCUT2D eigenvalue weighted by Crippen LogP contribution is -2.48. The summed E-state index contributed by atoms with van der Waals surface area (Å²) in [4.78, 5) is 13.4. The molecule has 0 aliphatic carbocycles. The van der Waals surface area contributed by atoms with E-state index in [0.717, 1.165) is 27.3 Å². The van der Waals surface area contributed by atoms with Crippen molar-refractivity contribution in [3.63, 3.8) is 0 Å². The van der Waals surface area contributed by atoms with E-state index in [1.165, 1.54) is 0 Å². The number of carbonyl (C=O) groups excluding carboxylic acids is 1. The van der Waals surface area contributed by atoms with E-state index >= 15 is 0 Å². The molecule has 2 atom stereocenters. The monoisotopic (exact) mass is 466 g/mol. The van der Waals surface area contributed by atoms with Crippen molar-refractivity contribution in [3.05, 3.63) is 95.6 Å². The van der Waals surface area contributed by atoms with Crippen molar-refractivity contribution in [3.8, 4) is 5.75 Å². The van der Waals surface area contributed by atoms with E-state index in [2.05, 4.69) is 5.32 Å². The summed E-state index contributed by atoms with van der Waals surface area (Å²) in [5.41, 5.74) is 3.30. The first kappa shape index (κ1) is 24.3. The Morgan fingerprint density at radius 1 is 0.970 bits per heavy atom. The number of ether oxygens (including phenoxy) is 1. The molecule has 2 unspecified atom stereocenters. The van der Waals surface area contributed by atoms with Gasteiger partial charge in [0.05, 0.1) is 24.6 Å². The molecule has 7 heteroatoms. The second kappa shape index (κ2) is 10.5. The minimum Gasteiger partial charge on any atom is -0.494 e. The Morgan fingerprint density at radius 2 is 1.58 bits per heavy atom. The molecule has 174 valence electrons. The zero-order valence-electron chi connectivity index (χ0n) is 19.4. The van der Waals surface area contributed by atoms with Crippen LogP contribution in [0.25, 0.3) is 0 Å².